The summed E-state index contributed by atoms with van der Waals surface area (Å²) in [4.78, 5) is 99.4. The molecule has 35 heteroatoms. The van der Waals surface area contributed by atoms with Gasteiger partial charge in [-0.2, -0.15) is 10.1 Å². The zero-order valence-electron chi connectivity index (χ0n) is 74.2. The third-order valence-corrected chi connectivity index (χ3v) is 24.2. The first kappa shape index (κ1) is 99.6. The third kappa shape index (κ3) is 29.0. The molecule has 10 rings (SSSR count). The lowest BCUT2D eigenvalue weighted by molar-refractivity contribution is -0.265. The van der Waals surface area contributed by atoms with Crippen LogP contribution in [0.2, 0.25) is 0 Å². The number of carbonyl (C=O) groups is 6. The molecule has 1 aliphatic carbocycles. The van der Waals surface area contributed by atoms with Crippen molar-refractivity contribution in [2.45, 2.75) is 211 Å². The number of hydrogen-bond acceptors (Lipinski definition) is 31. The molecule has 2 saturated heterocycles. The number of aliphatic hydroxyl groups is 4. The maximum absolute atomic E-state index is 14.6. The Hall–Kier alpha value is -8.60. The van der Waals surface area contributed by atoms with Crippen LogP contribution in [0.15, 0.2) is 94.7 Å². The van der Waals surface area contributed by atoms with Crippen molar-refractivity contribution in [3.8, 4) is 11.3 Å². The number of nitrogens with two attached hydrogens (primary N) is 3. The number of aliphatic hydroxyl groups excluding tert-OH is 3. The number of rotatable bonds is 38. The van der Waals surface area contributed by atoms with Crippen LogP contribution in [0, 0.1) is 29.6 Å². The average Bonchev–Trinajstić information content (AvgIpc) is 1.42. The molecule has 5 aliphatic rings. The normalized spacial score (nSPS) is 27.2. The number of ether oxygens (including phenoxy) is 13. The molecule has 0 unspecified atom stereocenters. The molecule has 4 aliphatic heterocycles. The summed E-state index contributed by atoms with van der Waals surface area (Å²) in [5.41, 5.74) is 26.5. The molecule has 16 atom stereocenters. The second kappa shape index (κ2) is 50.4. The molecule has 7 heterocycles. The number of fused-ring (bicyclic) bond motifs is 6. The van der Waals surface area contributed by atoms with Crippen molar-refractivity contribution >= 4 is 69.4 Å². The zero-order chi connectivity index (χ0) is 90.2. The number of hydrogen-bond donors (Lipinski definition) is 8. The van der Waals surface area contributed by atoms with Crippen LogP contribution in [0.25, 0.3) is 33.4 Å². The Balaban J connectivity index is 0.538. The largest absolute Gasteiger partial charge is 0.460 e. The van der Waals surface area contributed by atoms with Crippen LogP contribution in [0.4, 0.5) is 16.6 Å². The number of esters is 1. The van der Waals surface area contributed by atoms with Gasteiger partial charge in [0.1, 0.15) is 53.8 Å². The second-order valence-electron chi connectivity index (χ2n) is 33.6. The number of nitrogen functional groups attached to an aromatic ring is 2. The number of ketones is 2. The number of anilines is 2. The van der Waals surface area contributed by atoms with Gasteiger partial charge >= 0.3 is 12.1 Å². The number of carbonyl (C=O) groups excluding carboxylic acids is 6. The predicted molar refractivity (Wildman–Crippen MR) is 465 cm³/mol. The van der Waals surface area contributed by atoms with Crippen LogP contribution in [-0.2, 0) is 105 Å². The summed E-state index contributed by atoms with van der Waals surface area (Å²) in [6.07, 6.45) is 8.91. The van der Waals surface area contributed by atoms with E-state index in [2.05, 4.69) is 38.5 Å². The highest BCUT2D eigenvalue weighted by atomic mass is 16.6. The van der Waals surface area contributed by atoms with Crippen molar-refractivity contribution in [3.05, 3.63) is 107 Å². The van der Waals surface area contributed by atoms with Gasteiger partial charge in [-0.3, -0.25) is 19.2 Å². The van der Waals surface area contributed by atoms with E-state index in [1.165, 1.54) is 19.0 Å². The maximum Gasteiger partial charge on any atom is 0.407 e. The molecular formula is C91H133N11O24. The maximum atomic E-state index is 14.6. The van der Waals surface area contributed by atoms with Crippen molar-refractivity contribution in [3.63, 3.8) is 0 Å². The van der Waals surface area contributed by atoms with Crippen molar-refractivity contribution in [1.29, 1.82) is 0 Å². The van der Waals surface area contributed by atoms with Gasteiger partial charge in [-0.15, -0.1) is 0 Å². The van der Waals surface area contributed by atoms with E-state index < -0.39 is 114 Å². The molecule has 1 saturated carbocycles. The molecule has 696 valence electrons. The number of nitrogens with one attached hydrogen (secondary N) is 1. The van der Waals surface area contributed by atoms with Crippen LogP contribution in [0.3, 0.4) is 0 Å². The van der Waals surface area contributed by atoms with Crippen LogP contribution in [0.1, 0.15) is 142 Å². The molecule has 2 bridgehead atoms. The van der Waals surface area contributed by atoms with Crippen LogP contribution >= 0.6 is 0 Å². The minimum absolute atomic E-state index is 0.0113. The number of cyclic esters (lactones) is 1. The summed E-state index contributed by atoms with van der Waals surface area (Å²) in [5, 5.41) is 55.1. The van der Waals surface area contributed by atoms with E-state index in [0.29, 0.717) is 210 Å². The Bertz CT molecular complexity index is 4440. The zero-order valence-corrected chi connectivity index (χ0v) is 74.2. The summed E-state index contributed by atoms with van der Waals surface area (Å²) >= 11 is 0. The van der Waals surface area contributed by atoms with Gasteiger partial charge in [-0.1, -0.05) is 82.4 Å². The summed E-state index contributed by atoms with van der Waals surface area (Å²) < 4.78 is 82.2. The van der Waals surface area contributed by atoms with Gasteiger partial charge in [-0.05, 0) is 142 Å². The van der Waals surface area contributed by atoms with E-state index in [1.807, 2.05) is 65.9 Å². The van der Waals surface area contributed by atoms with E-state index >= 15 is 0 Å². The lowest BCUT2D eigenvalue weighted by Crippen LogP contribution is -2.61. The smallest absolute Gasteiger partial charge is 0.407 e. The first-order valence-electron chi connectivity index (χ1n) is 44.4. The molecule has 35 nitrogen and oxygen atoms in total. The summed E-state index contributed by atoms with van der Waals surface area (Å²) in [6, 6.07) is 9.79. The number of nitrogens with zero attached hydrogens (tertiary/aromatic N) is 7. The van der Waals surface area contributed by atoms with E-state index in [4.69, 9.17) is 88.3 Å². The standard InChI is InChI=1S/C91H133N11O24/c1-57-14-10-9-11-15-58(2)75(113-7)52-68-22-17-62(6)91(112,126-68)84(108)87(109)101-28-13-12-16-71(101)88(110)123-76(59(3)47-61(5)82(106)83(107)81(105)60(4)46-57)53-72(103)69(92)49-63-19-23-74(77(50-63)114-8)125-90(111)95-27-31-116-33-35-118-37-39-120-41-43-122-45-44-121-42-40-119-38-36-117-34-32-115-30-26-78(104)100-29-25-65-48-64(18-20-67(65)55-100)54-102-86-79(85(93)96-56-97-86)80(99-102)66-21-24-73-70(51-66)98-89(94)124-73/h9-11,14-15,18,20-21,24,47-48,51,56-57,59-60,62-63,68-69,71-72,74-77,82-83,103,106-107,112H,12-13,16-17,19,22-23,25-46,49-50,52-55,92H2,1-8H3,(H2,94,98)(H,95,111)(H2,93,96,97)/b11-9+,14-10+,58-15+,61-47+/t57-,59-,60-,62-,63+,68+,69-,71+,72+,74-,75+,76-,77-,82-,83+,91-/m1/s1. The highest BCUT2D eigenvalue weighted by Gasteiger charge is 2.53. The number of piperidine rings is 1. The third-order valence-electron chi connectivity index (χ3n) is 24.2. The van der Waals surface area contributed by atoms with Gasteiger partial charge in [0, 0.05) is 82.6 Å². The Morgan fingerprint density at radius 2 is 1.38 bits per heavy atom. The Morgan fingerprint density at radius 1 is 0.706 bits per heavy atom. The number of alkyl carbamates (subject to hydrolysis) is 1. The molecule has 0 spiro atoms. The number of benzene rings is 2. The number of aromatic nitrogens is 5. The highest BCUT2D eigenvalue weighted by Crippen LogP contribution is 2.39. The van der Waals surface area contributed by atoms with E-state index in [9.17, 15) is 49.2 Å². The number of oxazole rings is 1. The molecule has 5 aromatic rings. The molecular weight excluding hydrogens is 1630 g/mol. The van der Waals surface area contributed by atoms with Gasteiger partial charge in [0.25, 0.3) is 17.7 Å². The molecule has 0 radical (unpaired) electrons. The second-order valence-corrected chi connectivity index (χ2v) is 33.6. The fraction of sp³-hybridized carbons (Fsp3) is 0.648. The number of allylic oxidation sites excluding steroid dienone is 5. The monoisotopic (exact) mass is 1760 g/mol. The lowest BCUT2D eigenvalue weighted by Gasteiger charge is -2.42. The fourth-order valence-corrected chi connectivity index (χ4v) is 16.8. The van der Waals surface area contributed by atoms with Crippen LogP contribution in [0.5, 0.6) is 0 Å². The highest BCUT2D eigenvalue weighted by molar-refractivity contribution is 6.39. The predicted octanol–water partition coefficient (Wildman–Crippen LogP) is 7.01. The molecule has 3 aromatic heterocycles. The number of methoxy groups -OCH3 is 2. The lowest BCUT2D eigenvalue weighted by atomic mass is 9.80. The number of Topliss-reactive ketones (excluding diaryl/α,β-unsaturated/α-hetero) is 2. The average molecular weight is 1770 g/mol. The molecule has 2 aromatic carbocycles. The summed E-state index contributed by atoms with van der Waals surface area (Å²) in [5.74, 6) is -8.17. The van der Waals surface area contributed by atoms with Gasteiger partial charge in [0.05, 0.1) is 148 Å². The van der Waals surface area contributed by atoms with E-state index in [0.717, 1.165) is 33.6 Å². The molecule has 3 fully saturated rings. The van der Waals surface area contributed by atoms with E-state index in [1.54, 1.807) is 46.9 Å². The van der Waals surface area contributed by atoms with Gasteiger partial charge < -0.3 is 119 Å². The molecule has 126 heavy (non-hydrogen) atoms. The summed E-state index contributed by atoms with van der Waals surface area (Å²) in [6.45, 7) is 18.0. The topological polar surface area (TPSA) is 470 Å². The van der Waals surface area contributed by atoms with Gasteiger partial charge in [-0.25, -0.2) is 24.2 Å². The number of amides is 3. The van der Waals surface area contributed by atoms with Gasteiger partial charge in [0.15, 0.2) is 17.0 Å². The molecule has 3 amide bonds. The van der Waals surface area contributed by atoms with Crippen molar-refractivity contribution in [1.82, 2.24) is 39.8 Å². The van der Waals surface area contributed by atoms with Crippen molar-refractivity contribution in [2.24, 2.45) is 35.3 Å². The summed E-state index contributed by atoms with van der Waals surface area (Å²) in [7, 11) is 3.09. The Kier molecular flexibility index (Phi) is 39.8. The SMILES string of the molecule is CO[C@H]1C[C@@H]2CC[C@@H](C)[C@@](O)(O2)C(=O)C(=O)N2CCCC[C@H]2C(=O)O[C@H](C[C@H](O)[C@H](N)C[C@@H]2CC[C@@H](OC(=O)NCCOCCOCCOCCOCCOCCOCCOCCOCCC(=O)N3CCc4cc(Cn5nc(-c6ccc7oc(N)nc7c6)c6c(N)ncnc65)ccc4C3)[C@H](OC)C2)[C@H](C)/C=C(\C)[C@@H](O)[C@@H](O)C(=O)[C@H](C)C[C@H](C)/C=C/C=C/C=C/1C. The van der Waals surface area contributed by atoms with Crippen molar-refractivity contribution in [2.75, 3.05) is 151 Å². The quantitative estimate of drug-likeness (QED) is 0.00852. The van der Waals surface area contributed by atoms with E-state index in [-0.39, 0.29) is 74.7 Å². The van der Waals surface area contributed by atoms with Crippen LogP contribution in [-0.4, -0.2) is 297 Å². The Morgan fingerprint density at radius 3 is 2.06 bits per heavy atom. The Labute approximate surface area is 737 Å². The minimum Gasteiger partial charge on any atom is -0.460 e. The van der Waals surface area contributed by atoms with Crippen molar-refractivity contribution < 1.29 is 115 Å². The van der Waals surface area contributed by atoms with Gasteiger partial charge in [0.2, 0.25) is 11.7 Å². The first-order valence-corrected chi connectivity index (χ1v) is 44.4. The van der Waals surface area contributed by atoms with Crippen LogP contribution < -0.4 is 22.5 Å². The first-order chi connectivity index (χ1) is 60.7. The molecule has 11 N–H and O–H groups in total. The minimum atomic E-state index is -2.50. The fourth-order valence-electron chi connectivity index (χ4n) is 16.8.